The molecule has 3 nitrogen and oxygen atoms in total. The smallest absolute Gasteiger partial charge is 0.119 e. The first kappa shape index (κ1) is 13.2. The molecule has 0 radical (unpaired) electrons. The van der Waals surface area contributed by atoms with Crippen LogP contribution in [0.3, 0.4) is 0 Å². The molecule has 1 saturated carbocycles. The number of ether oxygens (including phenoxy) is 2. The van der Waals surface area contributed by atoms with E-state index in [1.165, 1.54) is 0 Å². The molecule has 0 aliphatic heterocycles. The summed E-state index contributed by atoms with van der Waals surface area (Å²) in [6.45, 7) is 3.33. The maximum absolute atomic E-state index is 9.71. The van der Waals surface area contributed by atoms with Gasteiger partial charge in [-0.3, -0.25) is 0 Å². The van der Waals surface area contributed by atoms with Gasteiger partial charge in [0, 0.05) is 0 Å². The van der Waals surface area contributed by atoms with Gasteiger partial charge in [-0.05, 0) is 56.4 Å². The monoisotopic (exact) mass is 250 g/mol. The van der Waals surface area contributed by atoms with Gasteiger partial charge in [-0.2, -0.15) is 0 Å². The summed E-state index contributed by atoms with van der Waals surface area (Å²) in [7, 11) is 0. The minimum Gasteiger partial charge on any atom is -0.494 e. The zero-order chi connectivity index (χ0) is 12.8. The molecule has 0 bridgehead atoms. The first-order valence-corrected chi connectivity index (χ1v) is 6.83. The van der Waals surface area contributed by atoms with Gasteiger partial charge >= 0.3 is 0 Å². The van der Waals surface area contributed by atoms with Crippen LogP contribution in [0.2, 0.25) is 0 Å². The molecule has 0 spiro atoms. The molecule has 2 unspecified atom stereocenters. The molecule has 1 aromatic rings. The van der Waals surface area contributed by atoms with Crippen molar-refractivity contribution in [2.24, 2.45) is 5.92 Å². The minimum absolute atomic E-state index is 0.117. The summed E-state index contributed by atoms with van der Waals surface area (Å²) in [5.41, 5.74) is 0. The summed E-state index contributed by atoms with van der Waals surface area (Å²) < 4.78 is 11.1. The lowest BCUT2D eigenvalue weighted by Crippen LogP contribution is -2.16. The van der Waals surface area contributed by atoms with E-state index in [2.05, 4.69) is 0 Å². The number of aliphatic hydroxyl groups is 1. The number of hydrogen-bond acceptors (Lipinski definition) is 3. The fraction of sp³-hybridized carbons (Fsp3) is 0.600. The van der Waals surface area contributed by atoms with E-state index in [0.717, 1.165) is 37.2 Å². The standard InChI is InChI=1S/C15H22O3/c1-2-17-13-6-8-14(9-7-13)18-11-10-12-4-3-5-15(12)16/h6-9,12,15-16H,2-5,10-11H2,1H3. The Morgan fingerprint density at radius 3 is 2.33 bits per heavy atom. The summed E-state index contributed by atoms with van der Waals surface area (Å²) in [6, 6.07) is 7.69. The first-order valence-electron chi connectivity index (χ1n) is 6.83. The summed E-state index contributed by atoms with van der Waals surface area (Å²) in [5, 5.41) is 9.71. The normalized spacial score (nSPS) is 23.0. The van der Waals surface area contributed by atoms with E-state index in [1.54, 1.807) is 0 Å². The molecular weight excluding hydrogens is 228 g/mol. The van der Waals surface area contributed by atoms with Crippen molar-refractivity contribution in [1.82, 2.24) is 0 Å². The van der Waals surface area contributed by atoms with E-state index < -0.39 is 0 Å². The van der Waals surface area contributed by atoms with Gasteiger partial charge in [-0.1, -0.05) is 6.42 Å². The lowest BCUT2D eigenvalue weighted by molar-refractivity contribution is 0.117. The Morgan fingerprint density at radius 1 is 1.11 bits per heavy atom. The van der Waals surface area contributed by atoms with Crippen LogP contribution in [-0.2, 0) is 0 Å². The fourth-order valence-electron chi connectivity index (χ4n) is 2.48. The molecule has 3 heteroatoms. The zero-order valence-corrected chi connectivity index (χ0v) is 11.0. The second kappa shape index (κ2) is 6.64. The van der Waals surface area contributed by atoms with Crippen molar-refractivity contribution in [3.63, 3.8) is 0 Å². The molecule has 18 heavy (non-hydrogen) atoms. The van der Waals surface area contributed by atoms with Crippen LogP contribution in [0, 0.1) is 5.92 Å². The molecule has 0 heterocycles. The van der Waals surface area contributed by atoms with Gasteiger partial charge in [0.25, 0.3) is 0 Å². The number of rotatable bonds is 6. The molecule has 2 atom stereocenters. The highest BCUT2D eigenvalue weighted by Crippen LogP contribution is 2.28. The van der Waals surface area contributed by atoms with Crippen LogP contribution in [0.15, 0.2) is 24.3 Å². The molecule has 1 aliphatic carbocycles. The molecule has 100 valence electrons. The summed E-state index contributed by atoms with van der Waals surface area (Å²) in [5.74, 6) is 2.16. The lowest BCUT2D eigenvalue weighted by atomic mass is 10.0. The van der Waals surface area contributed by atoms with Gasteiger partial charge in [-0.25, -0.2) is 0 Å². The average molecular weight is 250 g/mol. The van der Waals surface area contributed by atoms with Gasteiger partial charge in [0.15, 0.2) is 0 Å². The van der Waals surface area contributed by atoms with Gasteiger partial charge in [0.05, 0.1) is 19.3 Å². The molecule has 0 saturated heterocycles. The van der Waals surface area contributed by atoms with Crippen molar-refractivity contribution in [3.05, 3.63) is 24.3 Å². The van der Waals surface area contributed by atoms with Gasteiger partial charge in [0.1, 0.15) is 11.5 Å². The highest BCUT2D eigenvalue weighted by Gasteiger charge is 2.24. The van der Waals surface area contributed by atoms with E-state index in [0.29, 0.717) is 19.1 Å². The van der Waals surface area contributed by atoms with Crippen molar-refractivity contribution in [3.8, 4) is 11.5 Å². The Labute approximate surface area is 109 Å². The maximum Gasteiger partial charge on any atom is 0.119 e. The Morgan fingerprint density at radius 2 is 1.78 bits per heavy atom. The van der Waals surface area contributed by atoms with E-state index >= 15 is 0 Å². The Hall–Kier alpha value is -1.22. The van der Waals surface area contributed by atoms with E-state index in [4.69, 9.17) is 9.47 Å². The average Bonchev–Trinajstić information content (AvgIpc) is 2.78. The van der Waals surface area contributed by atoms with E-state index in [1.807, 2.05) is 31.2 Å². The Balaban J connectivity index is 1.72. The molecule has 1 fully saturated rings. The minimum atomic E-state index is -0.117. The van der Waals surface area contributed by atoms with E-state index in [9.17, 15) is 5.11 Å². The number of hydrogen-bond donors (Lipinski definition) is 1. The predicted octanol–water partition coefficient (Wildman–Crippen LogP) is 3.02. The molecular formula is C15H22O3. The van der Waals surface area contributed by atoms with Gasteiger partial charge in [-0.15, -0.1) is 0 Å². The quantitative estimate of drug-likeness (QED) is 0.843. The topological polar surface area (TPSA) is 38.7 Å². The van der Waals surface area contributed by atoms with Crippen LogP contribution in [0.25, 0.3) is 0 Å². The zero-order valence-electron chi connectivity index (χ0n) is 11.0. The number of aliphatic hydroxyl groups excluding tert-OH is 1. The molecule has 0 aromatic heterocycles. The summed E-state index contributed by atoms with van der Waals surface area (Å²) in [4.78, 5) is 0. The van der Waals surface area contributed by atoms with Crippen molar-refractivity contribution in [2.45, 2.75) is 38.7 Å². The largest absolute Gasteiger partial charge is 0.494 e. The molecule has 1 N–H and O–H groups in total. The van der Waals surface area contributed by atoms with E-state index in [-0.39, 0.29) is 6.10 Å². The summed E-state index contributed by atoms with van der Waals surface area (Å²) >= 11 is 0. The van der Waals surface area contributed by atoms with Crippen LogP contribution in [0.5, 0.6) is 11.5 Å². The lowest BCUT2D eigenvalue weighted by Gasteiger charge is -2.14. The third kappa shape index (κ3) is 3.64. The van der Waals surface area contributed by atoms with Crippen LogP contribution in [-0.4, -0.2) is 24.4 Å². The summed E-state index contributed by atoms with van der Waals surface area (Å²) in [6.07, 6.45) is 4.05. The van der Waals surface area contributed by atoms with Crippen molar-refractivity contribution in [2.75, 3.05) is 13.2 Å². The first-order chi connectivity index (χ1) is 8.79. The highest BCUT2D eigenvalue weighted by atomic mass is 16.5. The third-order valence-corrected chi connectivity index (χ3v) is 3.51. The fourth-order valence-corrected chi connectivity index (χ4v) is 2.48. The highest BCUT2D eigenvalue weighted by molar-refractivity contribution is 5.31. The third-order valence-electron chi connectivity index (χ3n) is 3.51. The predicted molar refractivity (Wildman–Crippen MR) is 71.1 cm³/mol. The van der Waals surface area contributed by atoms with Crippen molar-refractivity contribution >= 4 is 0 Å². The molecule has 1 aliphatic rings. The number of benzene rings is 1. The Bertz CT molecular complexity index is 347. The van der Waals surface area contributed by atoms with Crippen LogP contribution in [0.4, 0.5) is 0 Å². The SMILES string of the molecule is CCOc1ccc(OCCC2CCCC2O)cc1. The van der Waals surface area contributed by atoms with Crippen molar-refractivity contribution in [1.29, 1.82) is 0 Å². The maximum atomic E-state index is 9.71. The Kier molecular flexibility index (Phi) is 4.88. The van der Waals surface area contributed by atoms with Gasteiger partial charge < -0.3 is 14.6 Å². The molecule has 0 amide bonds. The van der Waals surface area contributed by atoms with Crippen LogP contribution >= 0.6 is 0 Å². The molecule has 2 rings (SSSR count). The van der Waals surface area contributed by atoms with Crippen molar-refractivity contribution < 1.29 is 14.6 Å². The van der Waals surface area contributed by atoms with Gasteiger partial charge in [0.2, 0.25) is 0 Å². The second-order valence-electron chi connectivity index (χ2n) is 4.80. The van der Waals surface area contributed by atoms with Crippen LogP contribution in [0.1, 0.15) is 32.6 Å². The molecule has 1 aromatic carbocycles. The second-order valence-corrected chi connectivity index (χ2v) is 4.80. The van der Waals surface area contributed by atoms with Crippen LogP contribution < -0.4 is 9.47 Å².